The van der Waals surface area contributed by atoms with Gasteiger partial charge in [-0.1, -0.05) is 212 Å². The maximum Gasteiger partial charge on any atom is 0.0713 e. The lowest BCUT2D eigenvalue weighted by Gasteiger charge is -2.34. The Kier molecular flexibility index (Phi) is 7.53. The lowest BCUT2D eigenvalue weighted by atomic mass is 9.67. The highest BCUT2D eigenvalue weighted by Gasteiger charge is 2.46. The number of para-hydroxylation sites is 1. The van der Waals surface area contributed by atoms with Crippen molar-refractivity contribution >= 4 is 27.8 Å². The zero-order valence-electron chi connectivity index (χ0n) is 37.7. The van der Waals surface area contributed by atoms with Crippen LogP contribution in [0.4, 0.5) is 17.1 Å². The fourth-order valence-corrected chi connectivity index (χ4v) is 9.37. The van der Waals surface area contributed by atoms with Crippen LogP contribution < -0.4 is 4.90 Å². The number of rotatable bonds is 8. The zero-order chi connectivity index (χ0) is 44.2. The minimum Gasteiger partial charge on any atom is -0.310 e. The van der Waals surface area contributed by atoms with Gasteiger partial charge in [0.25, 0.3) is 0 Å². The van der Waals surface area contributed by atoms with Gasteiger partial charge in [0.05, 0.1) is 18.0 Å². The summed E-state index contributed by atoms with van der Waals surface area (Å²) in [6.45, 7) is 0. The Bertz CT molecular complexity index is 3340. The van der Waals surface area contributed by atoms with Crippen LogP contribution in [0.5, 0.6) is 0 Å². The van der Waals surface area contributed by atoms with E-state index in [2.05, 4.69) is 181 Å². The van der Waals surface area contributed by atoms with E-state index in [1.165, 1.54) is 33.4 Å². The van der Waals surface area contributed by atoms with Crippen molar-refractivity contribution in [3.05, 3.63) is 271 Å². The van der Waals surface area contributed by atoms with Gasteiger partial charge >= 0.3 is 0 Å². The van der Waals surface area contributed by atoms with Crippen molar-refractivity contribution in [2.24, 2.45) is 0 Å². The van der Waals surface area contributed by atoms with Gasteiger partial charge in [-0.25, -0.2) is 0 Å². The highest BCUT2D eigenvalue weighted by molar-refractivity contribution is 6.06. The van der Waals surface area contributed by atoms with Crippen LogP contribution in [0.2, 0.25) is 0 Å². The number of fused-ring (bicyclic) bond motifs is 4. The molecule has 0 atom stereocenters. The number of nitrogens with zero attached hydrogens (tertiary/aromatic N) is 1. The Balaban J connectivity index is 0.985. The van der Waals surface area contributed by atoms with Crippen LogP contribution in [0.3, 0.4) is 0 Å². The topological polar surface area (TPSA) is 3.24 Å². The fraction of sp³-hybridized carbons (Fsp3) is 0.0169. The van der Waals surface area contributed by atoms with Crippen molar-refractivity contribution in [1.29, 1.82) is 0 Å². The summed E-state index contributed by atoms with van der Waals surface area (Å²) in [6.07, 6.45) is 0. The lowest BCUT2D eigenvalue weighted by Crippen LogP contribution is -2.28. The molecule has 0 amide bonds. The molecule has 0 N–H and O–H groups in total. The van der Waals surface area contributed by atoms with E-state index < -0.39 is 11.5 Å². The molecule has 0 aromatic heterocycles. The Morgan fingerprint density at radius 3 is 1.53 bits per heavy atom. The van der Waals surface area contributed by atoms with Crippen molar-refractivity contribution in [3.8, 4) is 44.5 Å². The van der Waals surface area contributed by atoms with Crippen LogP contribution in [-0.4, -0.2) is 0 Å². The molecule has 11 rings (SSSR count). The SMILES string of the molecule is [2H]c1c([2H])c([2H])c(-c2ccc(N(c3ccccc3)c3ccc(-c4ccc(-c5ccc6c(c5)C(c5ccccc5)(c5ccccc5)c5ccccc5-6)cc4)c4ccccc34)cc2)c([2H])c1[2H]. The monoisotopic (exact) mass is 768 g/mol. The smallest absolute Gasteiger partial charge is 0.0713 e. The Morgan fingerprint density at radius 1 is 0.333 bits per heavy atom. The minimum atomic E-state index is -0.467. The molecule has 0 fully saturated rings. The highest BCUT2D eigenvalue weighted by Crippen LogP contribution is 2.56. The van der Waals surface area contributed by atoms with Crippen molar-refractivity contribution < 1.29 is 6.85 Å². The van der Waals surface area contributed by atoms with Crippen molar-refractivity contribution in [2.75, 3.05) is 4.90 Å². The predicted octanol–water partition coefficient (Wildman–Crippen LogP) is 15.7. The fourth-order valence-electron chi connectivity index (χ4n) is 9.37. The first-order chi connectivity index (χ1) is 31.8. The second-order valence-electron chi connectivity index (χ2n) is 15.3. The summed E-state index contributed by atoms with van der Waals surface area (Å²) in [5.41, 5.74) is 15.2. The molecule has 282 valence electrons. The summed E-state index contributed by atoms with van der Waals surface area (Å²) in [6, 6.07) is 75.7. The summed E-state index contributed by atoms with van der Waals surface area (Å²) in [5.74, 6) is 0. The number of hydrogen-bond acceptors (Lipinski definition) is 1. The van der Waals surface area contributed by atoms with E-state index in [1.807, 2.05) is 42.5 Å². The van der Waals surface area contributed by atoms with E-state index in [4.69, 9.17) is 6.85 Å². The van der Waals surface area contributed by atoms with E-state index in [-0.39, 0.29) is 29.7 Å². The average molecular weight is 769 g/mol. The first-order valence-electron chi connectivity index (χ1n) is 22.8. The first-order valence-corrected chi connectivity index (χ1v) is 20.3. The molecule has 1 heteroatoms. The molecule has 60 heavy (non-hydrogen) atoms. The van der Waals surface area contributed by atoms with Crippen molar-refractivity contribution in [2.45, 2.75) is 5.41 Å². The van der Waals surface area contributed by atoms with Crippen LogP contribution in [-0.2, 0) is 5.41 Å². The quantitative estimate of drug-likeness (QED) is 0.149. The van der Waals surface area contributed by atoms with Gasteiger partial charge in [-0.15, -0.1) is 0 Å². The molecular weight excluding hydrogens is 723 g/mol. The van der Waals surface area contributed by atoms with Gasteiger partial charge in [0, 0.05) is 16.8 Å². The molecule has 1 aliphatic carbocycles. The molecule has 0 radical (unpaired) electrons. The van der Waals surface area contributed by atoms with Gasteiger partial charge in [-0.05, 0) is 109 Å². The second-order valence-corrected chi connectivity index (χ2v) is 15.3. The van der Waals surface area contributed by atoms with Crippen LogP contribution >= 0.6 is 0 Å². The van der Waals surface area contributed by atoms with E-state index in [9.17, 15) is 0 Å². The Morgan fingerprint density at radius 2 is 0.833 bits per heavy atom. The Labute approximate surface area is 359 Å². The van der Waals surface area contributed by atoms with E-state index >= 15 is 0 Å². The first kappa shape index (κ1) is 30.4. The summed E-state index contributed by atoms with van der Waals surface area (Å²) in [5, 5.41) is 2.18. The van der Waals surface area contributed by atoms with Crippen molar-refractivity contribution in [1.82, 2.24) is 0 Å². The summed E-state index contributed by atoms with van der Waals surface area (Å²) in [4.78, 5) is 2.21. The molecule has 0 unspecified atom stereocenters. The predicted molar refractivity (Wildman–Crippen MR) is 252 cm³/mol. The summed E-state index contributed by atoms with van der Waals surface area (Å²) < 4.78 is 41.6. The molecule has 10 aromatic carbocycles. The van der Waals surface area contributed by atoms with E-state index in [1.54, 1.807) is 0 Å². The summed E-state index contributed by atoms with van der Waals surface area (Å²) >= 11 is 0. The Hall–Kier alpha value is -7.74. The molecule has 0 spiro atoms. The number of anilines is 3. The van der Waals surface area contributed by atoms with Crippen LogP contribution in [0.25, 0.3) is 55.3 Å². The molecule has 0 heterocycles. The number of benzene rings is 10. The molecule has 1 nitrogen and oxygen atoms in total. The zero-order valence-corrected chi connectivity index (χ0v) is 32.7. The van der Waals surface area contributed by atoms with Gasteiger partial charge in [0.15, 0.2) is 0 Å². The van der Waals surface area contributed by atoms with Gasteiger partial charge in [-0.2, -0.15) is 0 Å². The van der Waals surface area contributed by atoms with Crippen LogP contribution in [0.1, 0.15) is 29.1 Å². The minimum absolute atomic E-state index is 0.184. The molecule has 0 aliphatic heterocycles. The standard InChI is InChI=1S/C59H41N/c1-5-17-42(18-6-1)43-33-36-50(37-34-43)60(49-23-11-4-12-24-49)58-40-39-51(52-25-13-14-27-55(52)58)45-31-29-44(30-32-45)46-35-38-54-53-26-15-16-28-56(53)59(57(54)41-46,47-19-7-2-8-20-47)48-21-9-3-10-22-48/h1-41H/i1D,5D,6D,17D,18D. The maximum absolute atomic E-state index is 8.56. The third kappa shape index (κ3) is 5.86. The lowest BCUT2D eigenvalue weighted by molar-refractivity contribution is 0.769. The van der Waals surface area contributed by atoms with E-state index in [0.29, 0.717) is 5.56 Å². The van der Waals surface area contributed by atoms with E-state index in [0.717, 1.165) is 50.1 Å². The third-order valence-corrected chi connectivity index (χ3v) is 12.1. The van der Waals surface area contributed by atoms with Gasteiger partial charge in [0.2, 0.25) is 0 Å². The third-order valence-electron chi connectivity index (χ3n) is 12.1. The molecule has 1 aliphatic rings. The largest absolute Gasteiger partial charge is 0.310 e. The van der Waals surface area contributed by atoms with Crippen molar-refractivity contribution in [3.63, 3.8) is 0 Å². The highest BCUT2D eigenvalue weighted by atomic mass is 15.1. The molecule has 10 aromatic rings. The van der Waals surface area contributed by atoms with Gasteiger partial charge in [0.1, 0.15) is 0 Å². The second kappa shape index (κ2) is 14.9. The van der Waals surface area contributed by atoms with Gasteiger partial charge < -0.3 is 4.90 Å². The normalized spacial score (nSPS) is 13.6. The van der Waals surface area contributed by atoms with Gasteiger partial charge in [-0.3, -0.25) is 0 Å². The molecule has 0 bridgehead atoms. The molecule has 0 saturated heterocycles. The maximum atomic E-state index is 8.56. The van der Waals surface area contributed by atoms with Crippen LogP contribution in [0, 0.1) is 0 Å². The van der Waals surface area contributed by atoms with Crippen LogP contribution in [0.15, 0.2) is 249 Å². The summed E-state index contributed by atoms with van der Waals surface area (Å²) in [7, 11) is 0. The number of hydrogen-bond donors (Lipinski definition) is 0. The molecular formula is C59H41N. The average Bonchev–Trinajstić information content (AvgIpc) is 3.67. The molecule has 0 saturated carbocycles.